The highest BCUT2D eigenvalue weighted by Crippen LogP contribution is 2.44. The molecule has 2 heteroatoms. The zero-order chi connectivity index (χ0) is 53.7. The summed E-state index contributed by atoms with van der Waals surface area (Å²) >= 11 is 0. The molecule has 0 bridgehead atoms. The lowest BCUT2D eigenvalue weighted by Gasteiger charge is -2.28. The molecule has 0 aliphatic heterocycles. The van der Waals surface area contributed by atoms with Crippen LogP contribution in [-0.2, 0) is 0 Å². The molecule has 1 heterocycles. The summed E-state index contributed by atoms with van der Waals surface area (Å²) < 4.78 is 86.6. The molecule has 0 saturated carbocycles. The standard InChI is InChI=1S/C66H44N2/c1-3-13-45(14-4-1)48-27-34-55(35-28-48)67(56-36-29-49(30-37-56)46-15-5-2-6-16-46)64-42-41-58(60-21-11-12-22-61(60)64)52-25-23-50(24-26-52)54-33-39-62-63-40-32-51-18-9-10-20-59(51)66(63)68(65(62)44-54)57-38-31-47-17-7-8-19-53(47)43-57/h1-44H/i1D,2D,3D,4D,5D,6D,13D,14D,15D,16D. The van der Waals surface area contributed by atoms with E-state index in [0.717, 1.165) is 49.9 Å². The zero-order valence-corrected chi connectivity index (χ0v) is 36.5. The van der Waals surface area contributed by atoms with E-state index in [1.54, 1.807) is 24.3 Å². The van der Waals surface area contributed by atoms with Crippen molar-refractivity contribution in [3.63, 3.8) is 0 Å². The van der Waals surface area contributed by atoms with Gasteiger partial charge in [0, 0.05) is 38.6 Å². The number of aromatic nitrogens is 1. The summed E-state index contributed by atoms with van der Waals surface area (Å²) in [6.45, 7) is 0. The minimum Gasteiger partial charge on any atom is -0.310 e. The molecule has 2 nitrogen and oxygen atoms in total. The average Bonchev–Trinajstić information content (AvgIpc) is 3.90. The maximum atomic E-state index is 8.66. The molecule has 13 aromatic rings. The monoisotopic (exact) mass is 874 g/mol. The van der Waals surface area contributed by atoms with E-state index in [2.05, 4.69) is 155 Å². The van der Waals surface area contributed by atoms with Gasteiger partial charge in [0.1, 0.15) is 0 Å². The second kappa shape index (κ2) is 16.5. The summed E-state index contributed by atoms with van der Waals surface area (Å²) in [4.78, 5) is 2.06. The molecule has 0 atom stereocenters. The fourth-order valence-corrected chi connectivity index (χ4v) is 9.88. The Kier molecular flexibility index (Phi) is 7.33. The first-order valence-electron chi connectivity index (χ1n) is 27.6. The Morgan fingerprint density at radius 1 is 0.324 bits per heavy atom. The van der Waals surface area contributed by atoms with E-state index in [0.29, 0.717) is 22.5 Å². The van der Waals surface area contributed by atoms with E-state index in [1.165, 1.54) is 37.8 Å². The van der Waals surface area contributed by atoms with Gasteiger partial charge in [-0.25, -0.2) is 0 Å². The molecule has 0 aliphatic carbocycles. The largest absolute Gasteiger partial charge is 0.310 e. The summed E-state index contributed by atoms with van der Waals surface area (Å²) in [5, 5.41) is 9.06. The number of nitrogens with zero attached hydrogens (tertiary/aromatic N) is 2. The molecule has 0 saturated heterocycles. The van der Waals surface area contributed by atoms with E-state index >= 15 is 0 Å². The van der Waals surface area contributed by atoms with Crippen LogP contribution in [0.15, 0.2) is 267 Å². The third kappa shape index (κ3) is 6.82. The predicted molar refractivity (Wildman–Crippen MR) is 290 cm³/mol. The fraction of sp³-hybridized carbons (Fsp3) is 0. The summed E-state index contributed by atoms with van der Waals surface area (Å²) in [5.41, 5.74) is 10.9. The Morgan fingerprint density at radius 3 is 1.51 bits per heavy atom. The molecular weight excluding hydrogens is 821 g/mol. The van der Waals surface area contributed by atoms with Crippen LogP contribution in [0.4, 0.5) is 17.1 Å². The SMILES string of the molecule is [2H]c1c([2H])c([2H])c(-c2ccc(N(c3ccc(-c4c([2H])c([2H])c([2H])c([2H])c4[2H])cc3)c3ccc(-c4ccc(-c5ccc6c7ccc8ccccc8c7n(-c7ccc8ccccc8c7)c6c5)cc4)c4ccccc34)cc2)c([2H])c1[2H]. The number of fused-ring (bicyclic) bond motifs is 7. The first-order valence-corrected chi connectivity index (χ1v) is 22.6. The van der Waals surface area contributed by atoms with E-state index in [1.807, 2.05) is 36.4 Å². The number of rotatable bonds is 8. The van der Waals surface area contributed by atoms with Crippen molar-refractivity contribution in [2.45, 2.75) is 0 Å². The Hall–Kier alpha value is -8.98. The van der Waals surface area contributed by atoms with Crippen LogP contribution in [0.25, 0.3) is 104 Å². The Labute approximate surface area is 409 Å². The molecule has 0 aliphatic rings. The number of benzene rings is 12. The van der Waals surface area contributed by atoms with Crippen LogP contribution in [0.1, 0.15) is 13.7 Å². The molecule has 318 valence electrons. The van der Waals surface area contributed by atoms with Crippen molar-refractivity contribution in [2.24, 2.45) is 0 Å². The van der Waals surface area contributed by atoms with Gasteiger partial charge in [0.05, 0.1) is 30.4 Å². The van der Waals surface area contributed by atoms with Crippen molar-refractivity contribution in [3.8, 4) is 50.2 Å². The van der Waals surface area contributed by atoms with Gasteiger partial charge in [0.2, 0.25) is 0 Å². The first-order chi connectivity index (χ1) is 37.9. The van der Waals surface area contributed by atoms with Gasteiger partial charge in [-0.1, -0.05) is 218 Å². The van der Waals surface area contributed by atoms with Crippen LogP contribution < -0.4 is 4.90 Å². The van der Waals surface area contributed by atoms with E-state index in [4.69, 9.17) is 13.7 Å². The third-order valence-electron chi connectivity index (χ3n) is 13.1. The van der Waals surface area contributed by atoms with Gasteiger partial charge < -0.3 is 9.47 Å². The normalized spacial score (nSPS) is 13.6. The van der Waals surface area contributed by atoms with Gasteiger partial charge in [0.25, 0.3) is 0 Å². The van der Waals surface area contributed by atoms with Crippen molar-refractivity contribution >= 4 is 71.2 Å². The van der Waals surface area contributed by atoms with Crippen LogP contribution in [0, 0.1) is 0 Å². The van der Waals surface area contributed by atoms with Crippen molar-refractivity contribution in [1.82, 2.24) is 4.57 Å². The molecule has 0 N–H and O–H groups in total. The average molecular weight is 875 g/mol. The highest BCUT2D eigenvalue weighted by Gasteiger charge is 2.20. The van der Waals surface area contributed by atoms with Crippen LogP contribution >= 0.6 is 0 Å². The minimum atomic E-state index is -0.459. The molecule has 68 heavy (non-hydrogen) atoms. The molecular formula is C66H44N2. The van der Waals surface area contributed by atoms with Gasteiger partial charge >= 0.3 is 0 Å². The highest BCUT2D eigenvalue weighted by atomic mass is 15.1. The zero-order valence-electron chi connectivity index (χ0n) is 46.5. The lowest BCUT2D eigenvalue weighted by molar-refractivity contribution is 1.19. The minimum absolute atomic E-state index is 0.0985. The van der Waals surface area contributed by atoms with Gasteiger partial charge in [-0.15, -0.1) is 0 Å². The Morgan fingerprint density at radius 2 is 0.838 bits per heavy atom. The summed E-state index contributed by atoms with van der Waals surface area (Å²) in [7, 11) is 0. The maximum absolute atomic E-state index is 8.66. The predicted octanol–water partition coefficient (Wildman–Crippen LogP) is 18.4. The maximum Gasteiger partial charge on any atom is 0.0629 e. The van der Waals surface area contributed by atoms with Crippen molar-refractivity contribution in [1.29, 1.82) is 0 Å². The molecule has 0 amide bonds. The van der Waals surface area contributed by atoms with E-state index < -0.39 is 36.3 Å². The molecule has 0 spiro atoms. The quantitative estimate of drug-likeness (QED) is 0.148. The smallest absolute Gasteiger partial charge is 0.0629 e. The topological polar surface area (TPSA) is 8.17 Å². The van der Waals surface area contributed by atoms with Crippen molar-refractivity contribution < 1.29 is 13.7 Å². The molecule has 1 aromatic heterocycles. The van der Waals surface area contributed by atoms with Crippen LogP contribution in [0.3, 0.4) is 0 Å². The second-order valence-corrected chi connectivity index (χ2v) is 17.0. The van der Waals surface area contributed by atoms with Gasteiger partial charge in [-0.2, -0.15) is 0 Å². The van der Waals surface area contributed by atoms with Gasteiger partial charge in [-0.3, -0.25) is 0 Å². The third-order valence-corrected chi connectivity index (χ3v) is 13.1. The van der Waals surface area contributed by atoms with Gasteiger partial charge in [-0.05, 0) is 115 Å². The Bertz CT molecular complexity index is 4440. The van der Waals surface area contributed by atoms with Crippen LogP contribution in [-0.4, -0.2) is 4.57 Å². The summed E-state index contributed by atoms with van der Waals surface area (Å²) in [6.07, 6.45) is 0. The number of hydrogen-bond donors (Lipinski definition) is 0. The molecule has 12 aromatic carbocycles. The van der Waals surface area contributed by atoms with E-state index in [9.17, 15) is 0 Å². The molecule has 0 radical (unpaired) electrons. The summed E-state index contributed by atoms with van der Waals surface area (Å²) in [6, 6.07) is 66.7. The lowest BCUT2D eigenvalue weighted by Crippen LogP contribution is -2.10. The first kappa shape index (κ1) is 30.3. The van der Waals surface area contributed by atoms with Crippen molar-refractivity contribution in [3.05, 3.63) is 267 Å². The van der Waals surface area contributed by atoms with Crippen LogP contribution in [0.2, 0.25) is 0 Å². The van der Waals surface area contributed by atoms with Crippen LogP contribution in [0.5, 0.6) is 0 Å². The van der Waals surface area contributed by atoms with Gasteiger partial charge in [0.15, 0.2) is 0 Å². The molecule has 13 rings (SSSR count). The van der Waals surface area contributed by atoms with Crippen molar-refractivity contribution in [2.75, 3.05) is 4.90 Å². The highest BCUT2D eigenvalue weighted by molar-refractivity contribution is 6.19. The molecule has 0 unspecified atom stereocenters. The second-order valence-electron chi connectivity index (χ2n) is 17.0. The Balaban J connectivity index is 0.913. The molecule has 0 fully saturated rings. The lowest BCUT2D eigenvalue weighted by atomic mass is 9.94. The summed E-state index contributed by atoms with van der Waals surface area (Å²) in [5.74, 6) is 0. The van der Waals surface area contributed by atoms with E-state index in [-0.39, 0.29) is 35.3 Å². The number of anilines is 3. The fourth-order valence-electron chi connectivity index (χ4n) is 9.88. The number of hydrogen-bond acceptors (Lipinski definition) is 1.